The Bertz CT molecular complexity index is 387. The summed E-state index contributed by atoms with van der Waals surface area (Å²) in [5.74, 6) is 0.322. The van der Waals surface area contributed by atoms with E-state index in [1.807, 2.05) is 32.0 Å². The van der Waals surface area contributed by atoms with Gasteiger partial charge in [0.05, 0.1) is 0 Å². The molecular weight excluding hydrogens is 198 g/mol. The van der Waals surface area contributed by atoms with Crippen LogP contribution in [0.2, 0.25) is 0 Å². The normalized spacial score (nSPS) is 9.12. The van der Waals surface area contributed by atoms with Crippen molar-refractivity contribution >= 4 is 5.69 Å². The molecule has 0 radical (unpaired) electrons. The Morgan fingerprint density at radius 1 is 0.875 bits per heavy atom. The van der Waals surface area contributed by atoms with E-state index >= 15 is 0 Å². The summed E-state index contributed by atoms with van der Waals surface area (Å²) in [6, 6.07) is 14.8. The Balaban J connectivity index is 0.000000165. The molecule has 0 fully saturated rings. The molecule has 0 aliphatic rings. The van der Waals surface area contributed by atoms with E-state index in [9.17, 15) is 0 Å². The molecule has 0 saturated carbocycles. The fraction of sp³-hybridized carbons (Fsp3) is 0.143. The number of anilines is 1. The van der Waals surface area contributed by atoms with Crippen molar-refractivity contribution in [1.82, 2.24) is 0 Å². The maximum atomic E-state index is 8.63. The zero-order valence-electron chi connectivity index (χ0n) is 9.64. The molecule has 0 aliphatic heterocycles. The molecule has 0 aromatic heterocycles. The van der Waals surface area contributed by atoms with Crippen molar-refractivity contribution < 1.29 is 5.11 Å². The van der Waals surface area contributed by atoms with Gasteiger partial charge in [0, 0.05) is 5.69 Å². The quantitative estimate of drug-likeness (QED) is 0.662. The number of para-hydroxylation sites is 1. The number of benzene rings is 2. The number of hydrogen-bond acceptors (Lipinski definition) is 2. The summed E-state index contributed by atoms with van der Waals surface area (Å²) < 4.78 is 0. The second kappa shape index (κ2) is 5.81. The molecule has 2 rings (SSSR count). The summed E-state index contributed by atoms with van der Waals surface area (Å²) in [4.78, 5) is 0. The number of phenols is 1. The van der Waals surface area contributed by atoms with Crippen LogP contribution in [0.5, 0.6) is 5.75 Å². The first kappa shape index (κ1) is 12.1. The van der Waals surface area contributed by atoms with E-state index in [1.54, 1.807) is 24.3 Å². The van der Waals surface area contributed by atoms with E-state index in [2.05, 4.69) is 6.07 Å². The van der Waals surface area contributed by atoms with Gasteiger partial charge in [-0.1, -0.05) is 24.3 Å². The van der Waals surface area contributed by atoms with Gasteiger partial charge in [-0.05, 0) is 49.2 Å². The SMILES string of the molecule is Cc1cc(C)cc(N)c1.Oc1ccccc1. The predicted octanol–water partition coefficient (Wildman–Crippen LogP) is 3.28. The Labute approximate surface area is 96.4 Å². The van der Waals surface area contributed by atoms with Gasteiger partial charge in [0.1, 0.15) is 5.75 Å². The molecular formula is C14H17NO. The highest BCUT2D eigenvalue weighted by atomic mass is 16.3. The monoisotopic (exact) mass is 215 g/mol. The van der Waals surface area contributed by atoms with Crippen molar-refractivity contribution in [1.29, 1.82) is 0 Å². The van der Waals surface area contributed by atoms with E-state index in [-0.39, 0.29) is 0 Å². The van der Waals surface area contributed by atoms with Crippen LogP contribution in [0, 0.1) is 13.8 Å². The molecule has 2 nitrogen and oxygen atoms in total. The molecule has 0 bridgehead atoms. The van der Waals surface area contributed by atoms with E-state index in [0.29, 0.717) is 5.75 Å². The summed E-state index contributed by atoms with van der Waals surface area (Å²) in [6.07, 6.45) is 0. The van der Waals surface area contributed by atoms with Gasteiger partial charge in [0.2, 0.25) is 0 Å². The van der Waals surface area contributed by atoms with E-state index in [0.717, 1.165) is 5.69 Å². The van der Waals surface area contributed by atoms with Gasteiger partial charge in [-0.25, -0.2) is 0 Å². The van der Waals surface area contributed by atoms with Crippen LogP contribution in [-0.4, -0.2) is 5.11 Å². The van der Waals surface area contributed by atoms with Crippen molar-refractivity contribution in [3.8, 4) is 5.75 Å². The minimum atomic E-state index is 0.322. The maximum absolute atomic E-state index is 8.63. The zero-order chi connectivity index (χ0) is 12.0. The molecule has 2 aromatic rings. The molecule has 16 heavy (non-hydrogen) atoms. The maximum Gasteiger partial charge on any atom is 0.115 e. The smallest absolute Gasteiger partial charge is 0.115 e. The third-order valence-electron chi connectivity index (χ3n) is 2.00. The highest BCUT2D eigenvalue weighted by Crippen LogP contribution is 2.08. The number of aryl methyl sites for hydroxylation is 2. The van der Waals surface area contributed by atoms with Gasteiger partial charge in [0.15, 0.2) is 0 Å². The van der Waals surface area contributed by atoms with Crippen LogP contribution in [0.15, 0.2) is 48.5 Å². The van der Waals surface area contributed by atoms with Gasteiger partial charge in [-0.3, -0.25) is 0 Å². The first-order chi connectivity index (χ1) is 7.58. The lowest BCUT2D eigenvalue weighted by molar-refractivity contribution is 0.475. The number of phenolic OH excluding ortho intramolecular Hbond substituents is 1. The molecule has 0 amide bonds. The minimum Gasteiger partial charge on any atom is -0.508 e. The Morgan fingerprint density at radius 3 is 1.69 bits per heavy atom. The molecule has 0 saturated heterocycles. The minimum absolute atomic E-state index is 0.322. The fourth-order valence-electron chi connectivity index (χ4n) is 1.44. The highest BCUT2D eigenvalue weighted by molar-refractivity contribution is 5.43. The molecule has 3 N–H and O–H groups in total. The van der Waals surface area contributed by atoms with Gasteiger partial charge in [0.25, 0.3) is 0 Å². The molecule has 0 atom stereocenters. The lowest BCUT2D eigenvalue weighted by Gasteiger charge is -1.97. The Hall–Kier alpha value is -1.96. The standard InChI is InChI=1S/C8H11N.C6H6O/c1-6-3-7(2)5-8(9)4-6;7-6-4-2-1-3-5-6/h3-5H,9H2,1-2H3;1-5,7H. The average molecular weight is 215 g/mol. The van der Waals surface area contributed by atoms with Crippen LogP contribution in [-0.2, 0) is 0 Å². The van der Waals surface area contributed by atoms with Crippen LogP contribution >= 0.6 is 0 Å². The Kier molecular flexibility index (Phi) is 4.40. The van der Waals surface area contributed by atoms with E-state index < -0.39 is 0 Å². The van der Waals surface area contributed by atoms with Gasteiger partial charge >= 0.3 is 0 Å². The van der Waals surface area contributed by atoms with Crippen LogP contribution in [0.1, 0.15) is 11.1 Å². The first-order valence-corrected chi connectivity index (χ1v) is 5.16. The van der Waals surface area contributed by atoms with Crippen molar-refractivity contribution in [2.45, 2.75) is 13.8 Å². The molecule has 0 aliphatic carbocycles. The lowest BCUT2D eigenvalue weighted by atomic mass is 10.1. The van der Waals surface area contributed by atoms with Crippen LogP contribution in [0.25, 0.3) is 0 Å². The second-order valence-corrected chi connectivity index (χ2v) is 3.76. The van der Waals surface area contributed by atoms with Crippen LogP contribution in [0.3, 0.4) is 0 Å². The molecule has 84 valence electrons. The van der Waals surface area contributed by atoms with Gasteiger partial charge < -0.3 is 10.8 Å². The molecule has 2 aromatic carbocycles. The predicted molar refractivity (Wildman–Crippen MR) is 68.4 cm³/mol. The lowest BCUT2D eigenvalue weighted by Crippen LogP contribution is -1.86. The van der Waals surface area contributed by atoms with Crippen molar-refractivity contribution in [2.24, 2.45) is 0 Å². The summed E-state index contributed by atoms with van der Waals surface area (Å²) in [5.41, 5.74) is 8.87. The van der Waals surface area contributed by atoms with Crippen molar-refractivity contribution in [3.05, 3.63) is 59.7 Å². The largest absolute Gasteiger partial charge is 0.508 e. The van der Waals surface area contributed by atoms with Gasteiger partial charge in [-0.15, -0.1) is 0 Å². The number of aromatic hydroxyl groups is 1. The average Bonchev–Trinajstić information content (AvgIpc) is 2.17. The second-order valence-electron chi connectivity index (χ2n) is 3.76. The summed E-state index contributed by atoms with van der Waals surface area (Å²) in [5, 5.41) is 8.63. The molecule has 0 unspecified atom stereocenters. The van der Waals surface area contributed by atoms with E-state index in [4.69, 9.17) is 10.8 Å². The third kappa shape index (κ3) is 4.51. The number of hydrogen-bond donors (Lipinski definition) is 2. The third-order valence-corrected chi connectivity index (χ3v) is 2.00. The number of nitrogen functional groups attached to an aromatic ring is 1. The summed E-state index contributed by atoms with van der Waals surface area (Å²) in [6.45, 7) is 4.09. The van der Waals surface area contributed by atoms with Crippen molar-refractivity contribution in [3.63, 3.8) is 0 Å². The topological polar surface area (TPSA) is 46.2 Å². The first-order valence-electron chi connectivity index (χ1n) is 5.16. The fourth-order valence-corrected chi connectivity index (χ4v) is 1.44. The summed E-state index contributed by atoms with van der Waals surface area (Å²) >= 11 is 0. The zero-order valence-corrected chi connectivity index (χ0v) is 9.64. The molecule has 2 heteroatoms. The molecule has 0 heterocycles. The van der Waals surface area contributed by atoms with Gasteiger partial charge in [-0.2, -0.15) is 0 Å². The number of rotatable bonds is 0. The highest BCUT2D eigenvalue weighted by Gasteiger charge is 1.87. The van der Waals surface area contributed by atoms with Crippen LogP contribution in [0.4, 0.5) is 5.69 Å². The van der Waals surface area contributed by atoms with Crippen molar-refractivity contribution in [2.75, 3.05) is 5.73 Å². The van der Waals surface area contributed by atoms with E-state index in [1.165, 1.54) is 11.1 Å². The number of nitrogens with two attached hydrogens (primary N) is 1. The van der Waals surface area contributed by atoms with Crippen LogP contribution < -0.4 is 5.73 Å². The Morgan fingerprint density at radius 2 is 1.38 bits per heavy atom. The summed E-state index contributed by atoms with van der Waals surface area (Å²) in [7, 11) is 0. The molecule has 0 spiro atoms.